The number of nitrogens with zero attached hydrogens (tertiary/aromatic N) is 2. The maximum absolute atomic E-state index is 3.53. The molecule has 3 rings (SSSR count). The Morgan fingerprint density at radius 2 is 2.11 bits per heavy atom. The normalized spacial score (nSPS) is 18.8. The fourth-order valence-corrected chi connectivity index (χ4v) is 3.23. The van der Waals surface area contributed by atoms with E-state index in [0.29, 0.717) is 0 Å². The topological polar surface area (TPSA) is 18.5 Å². The molecular formula is C16H25N3. The SMILES string of the molecule is CN(CCN1CCCC1)Cc1cccc2c1NCC2. The minimum absolute atomic E-state index is 1.06. The van der Waals surface area contributed by atoms with Gasteiger partial charge in [-0.3, -0.25) is 0 Å². The quantitative estimate of drug-likeness (QED) is 0.874. The van der Waals surface area contributed by atoms with Crippen LogP contribution in [0.3, 0.4) is 0 Å². The van der Waals surface area contributed by atoms with Gasteiger partial charge in [0.2, 0.25) is 0 Å². The number of fused-ring (bicyclic) bond motifs is 1. The van der Waals surface area contributed by atoms with Gasteiger partial charge in [-0.2, -0.15) is 0 Å². The van der Waals surface area contributed by atoms with Crippen LogP contribution in [0.5, 0.6) is 0 Å². The highest BCUT2D eigenvalue weighted by molar-refractivity contribution is 5.61. The molecule has 2 aliphatic rings. The molecule has 1 aromatic carbocycles. The molecule has 1 aromatic rings. The van der Waals surface area contributed by atoms with Gasteiger partial charge in [0.15, 0.2) is 0 Å². The van der Waals surface area contributed by atoms with Crippen LogP contribution in [0.15, 0.2) is 18.2 Å². The maximum atomic E-state index is 3.53. The van der Waals surface area contributed by atoms with Crippen molar-refractivity contribution in [3.05, 3.63) is 29.3 Å². The zero-order valence-electron chi connectivity index (χ0n) is 12.0. The van der Waals surface area contributed by atoms with Crippen molar-refractivity contribution in [3.8, 4) is 0 Å². The van der Waals surface area contributed by atoms with E-state index in [0.717, 1.165) is 13.1 Å². The molecule has 0 bridgehead atoms. The molecule has 1 saturated heterocycles. The van der Waals surface area contributed by atoms with Crippen LogP contribution < -0.4 is 5.32 Å². The summed E-state index contributed by atoms with van der Waals surface area (Å²) in [7, 11) is 2.24. The van der Waals surface area contributed by atoms with Crippen LogP contribution in [0.2, 0.25) is 0 Å². The Morgan fingerprint density at radius 1 is 1.26 bits per heavy atom. The van der Waals surface area contributed by atoms with Crippen molar-refractivity contribution in [3.63, 3.8) is 0 Å². The third-order valence-electron chi connectivity index (χ3n) is 4.37. The van der Waals surface area contributed by atoms with Gasteiger partial charge >= 0.3 is 0 Å². The van der Waals surface area contributed by atoms with Crippen LogP contribution in [0.1, 0.15) is 24.0 Å². The van der Waals surface area contributed by atoms with Crippen molar-refractivity contribution >= 4 is 5.69 Å². The fourth-order valence-electron chi connectivity index (χ4n) is 3.23. The summed E-state index contributed by atoms with van der Waals surface area (Å²) in [5.74, 6) is 0. The van der Waals surface area contributed by atoms with Gasteiger partial charge in [-0.05, 0) is 50.5 Å². The van der Waals surface area contributed by atoms with Gasteiger partial charge < -0.3 is 15.1 Å². The summed E-state index contributed by atoms with van der Waals surface area (Å²) in [6, 6.07) is 6.72. The molecule has 0 amide bonds. The monoisotopic (exact) mass is 259 g/mol. The minimum Gasteiger partial charge on any atom is -0.384 e. The second-order valence-electron chi connectivity index (χ2n) is 5.91. The van der Waals surface area contributed by atoms with E-state index in [9.17, 15) is 0 Å². The summed E-state index contributed by atoms with van der Waals surface area (Å²) in [6.45, 7) is 7.16. The van der Waals surface area contributed by atoms with E-state index in [4.69, 9.17) is 0 Å². The van der Waals surface area contributed by atoms with Crippen LogP contribution >= 0.6 is 0 Å². The van der Waals surface area contributed by atoms with Crippen molar-refractivity contribution in [1.29, 1.82) is 0 Å². The summed E-state index contributed by atoms with van der Waals surface area (Å²) in [5, 5.41) is 3.53. The number of hydrogen-bond acceptors (Lipinski definition) is 3. The van der Waals surface area contributed by atoms with E-state index in [2.05, 4.69) is 40.4 Å². The highest BCUT2D eigenvalue weighted by Crippen LogP contribution is 2.27. The maximum Gasteiger partial charge on any atom is 0.0419 e. The van der Waals surface area contributed by atoms with Crippen molar-refractivity contribution in [2.24, 2.45) is 0 Å². The molecule has 19 heavy (non-hydrogen) atoms. The molecule has 1 fully saturated rings. The lowest BCUT2D eigenvalue weighted by atomic mass is 10.1. The molecule has 0 saturated carbocycles. The van der Waals surface area contributed by atoms with E-state index >= 15 is 0 Å². The first-order valence-electron chi connectivity index (χ1n) is 7.58. The first kappa shape index (κ1) is 12.9. The largest absolute Gasteiger partial charge is 0.384 e. The summed E-state index contributed by atoms with van der Waals surface area (Å²) >= 11 is 0. The first-order valence-corrected chi connectivity index (χ1v) is 7.58. The molecule has 0 atom stereocenters. The molecule has 0 aliphatic carbocycles. The van der Waals surface area contributed by atoms with Crippen molar-refractivity contribution < 1.29 is 0 Å². The van der Waals surface area contributed by atoms with Gasteiger partial charge in [-0.15, -0.1) is 0 Å². The Labute approximate surface area is 116 Å². The van der Waals surface area contributed by atoms with Crippen molar-refractivity contribution in [2.75, 3.05) is 45.1 Å². The summed E-state index contributed by atoms with van der Waals surface area (Å²) in [5.41, 5.74) is 4.35. The molecule has 0 spiro atoms. The number of rotatable bonds is 5. The van der Waals surface area contributed by atoms with Crippen molar-refractivity contribution in [2.45, 2.75) is 25.8 Å². The van der Waals surface area contributed by atoms with E-state index < -0.39 is 0 Å². The first-order chi connectivity index (χ1) is 9.33. The van der Waals surface area contributed by atoms with Gasteiger partial charge in [-0.25, -0.2) is 0 Å². The number of likely N-dealkylation sites (N-methyl/N-ethyl adjacent to an activating group) is 1. The van der Waals surface area contributed by atoms with Crippen LogP contribution in [-0.4, -0.2) is 49.6 Å². The third kappa shape index (κ3) is 3.10. The highest BCUT2D eigenvalue weighted by atomic mass is 15.2. The molecule has 3 nitrogen and oxygen atoms in total. The Kier molecular flexibility index (Phi) is 4.04. The summed E-state index contributed by atoms with van der Waals surface area (Å²) < 4.78 is 0. The predicted octanol–water partition coefficient (Wildman–Crippen LogP) is 2.18. The summed E-state index contributed by atoms with van der Waals surface area (Å²) in [4.78, 5) is 5.04. The molecule has 2 aliphatic heterocycles. The Hall–Kier alpha value is -1.06. The van der Waals surface area contributed by atoms with Crippen LogP contribution in [0.4, 0.5) is 5.69 Å². The van der Waals surface area contributed by atoms with E-state index in [1.165, 1.54) is 62.3 Å². The number of benzene rings is 1. The second-order valence-corrected chi connectivity index (χ2v) is 5.91. The second kappa shape index (κ2) is 5.93. The molecule has 0 radical (unpaired) electrons. The standard InChI is InChI=1S/C16H25N3/c1-18(11-12-19-9-2-3-10-19)13-15-6-4-5-14-7-8-17-16(14)15/h4-6,17H,2-3,7-13H2,1H3. The molecule has 0 unspecified atom stereocenters. The smallest absolute Gasteiger partial charge is 0.0419 e. The van der Waals surface area contributed by atoms with Gasteiger partial charge in [0, 0.05) is 31.9 Å². The van der Waals surface area contributed by atoms with Crippen LogP contribution in [0.25, 0.3) is 0 Å². The van der Waals surface area contributed by atoms with Gasteiger partial charge in [0.25, 0.3) is 0 Å². The van der Waals surface area contributed by atoms with E-state index in [-0.39, 0.29) is 0 Å². The average molecular weight is 259 g/mol. The number of nitrogens with one attached hydrogen (secondary N) is 1. The molecule has 3 heteroatoms. The van der Waals surface area contributed by atoms with E-state index in [1.54, 1.807) is 0 Å². The number of likely N-dealkylation sites (tertiary alicyclic amines) is 1. The molecule has 104 valence electrons. The van der Waals surface area contributed by atoms with Gasteiger partial charge in [-0.1, -0.05) is 18.2 Å². The van der Waals surface area contributed by atoms with Gasteiger partial charge in [0.05, 0.1) is 0 Å². The zero-order chi connectivity index (χ0) is 13.1. The Morgan fingerprint density at radius 3 is 2.95 bits per heavy atom. The number of hydrogen-bond donors (Lipinski definition) is 1. The molecule has 0 aromatic heterocycles. The zero-order valence-corrected chi connectivity index (χ0v) is 12.0. The lowest BCUT2D eigenvalue weighted by molar-refractivity contribution is 0.252. The lowest BCUT2D eigenvalue weighted by Crippen LogP contribution is -2.31. The molecule has 1 N–H and O–H groups in total. The van der Waals surface area contributed by atoms with Crippen LogP contribution in [0, 0.1) is 0 Å². The van der Waals surface area contributed by atoms with Crippen LogP contribution in [-0.2, 0) is 13.0 Å². The average Bonchev–Trinajstić information content (AvgIpc) is 3.08. The fraction of sp³-hybridized carbons (Fsp3) is 0.625. The number of para-hydroxylation sites is 1. The third-order valence-corrected chi connectivity index (χ3v) is 4.37. The van der Waals surface area contributed by atoms with Crippen molar-refractivity contribution in [1.82, 2.24) is 9.80 Å². The minimum atomic E-state index is 1.06. The predicted molar refractivity (Wildman–Crippen MR) is 80.6 cm³/mol. The Bertz CT molecular complexity index is 424. The number of anilines is 1. The molecular weight excluding hydrogens is 234 g/mol. The van der Waals surface area contributed by atoms with Gasteiger partial charge in [0.1, 0.15) is 0 Å². The Balaban J connectivity index is 1.54. The summed E-state index contributed by atoms with van der Waals surface area (Å²) in [6.07, 6.45) is 3.96. The molecule has 2 heterocycles. The van der Waals surface area contributed by atoms with E-state index in [1.807, 2.05) is 0 Å². The lowest BCUT2D eigenvalue weighted by Gasteiger charge is -2.22. The highest BCUT2D eigenvalue weighted by Gasteiger charge is 2.15.